The van der Waals surface area contributed by atoms with Gasteiger partial charge in [-0.2, -0.15) is 0 Å². The third-order valence-corrected chi connectivity index (χ3v) is 5.76. The van der Waals surface area contributed by atoms with Crippen LogP contribution in [0.3, 0.4) is 0 Å². The molecule has 2 aliphatic rings. The SMILES string of the molecule is CC(O)C(=O)NC(c1ccc(Cl)cc1)C1CC2CCC(C1)N2C. The molecule has 2 N–H and O–H groups in total. The van der Waals surface area contributed by atoms with Crippen LogP contribution in [-0.2, 0) is 4.79 Å². The van der Waals surface area contributed by atoms with E-state index in [2.05, 4.69) is 17.3 Å². The number of amides is 1. The molecule has 2 aliphatic heterocycles. The van der Waals surface area contributed by atoms with Crippen LogP contribution in [0.5, 0.6) is 0 Å². The van der Waals surface area contributed by atoms with Gasteiger partial charge in [-0.25, -0.2) is 0 Å². The highest BCUT2D eigenvalue weighted by molar-refractivity contribution is 6.30. The maximum Gasteiger partial charge on any atom is 0.249 e. The van der Waals surface area contributed by atoms with Gasteiger partial charge >= 0.3 is 0 Å². The third kappa shape index (κ3) is 3.54. The van der Waals surface area contributed by atoms with E-state index in [9.17, 15) is 9.90 Å². The Morgan fingerprint density at radius 2 is 1.83 bits per heavy atom. The van der Waals surface area contributed by atoms with Crippen molar-refractivity contribution in [1.29, 1.82) is 0 Å². The Hall–Kier alpha value is -1.10. The quantitative estimate of drug-likeness (QED) is 0.889. The van der Waals surface area contributed by atoms with Crippen LogP contribution in [0.25, 0.3) is 0 Å². The van der Waals surface area contributed by atoms with Crippen molar-refractivity contribution in [1.82, 2.24) is 10.2 Å². The molecule has 126 valence electrons. The van der Waals surface area contributed by atoms with Crippen molar-refractivity contribution in [2.45, 2.75) is 56.8 Å². The fourth-order valence-electron chi connectivity index (χ4n) is 4.14. The van der Waals surface area contributed by atoms with Crippen LogP contribution in [0.2, 0.25) is 5.02 Å². The molecule has 2 bridgehead atoms. The Labute approximate surface area is 142 Å². The van der Waals surface area contributed by atoms with Gasteiger partial charge in [0.05, 0.1) is 6.04 Å². The lowest BCUT2D eigenvalue weighted by Crippen LogP contribution is -2.46. The first kappa shape index (κ1) is 16.7. The maximum absolute atomic E-state index is 12.1. The Morgan fingerprint density at radius 1 is 1.26 bits per heavy atom. The van der Waals surface area contributed by atoms with Crippen LogP contribution in [0.1, 0.15) is 44.2 Å². The van der Waals surface area contributed by atoms with E-state index in [4.69, 9.17) is 11.6 Å². The second kappa shape index (κ2) is 6.80. The summed E-state index contributed by atoms with van der Waals surface area (Å²) in [7, 11) is 2.21. The highest BCUT2D eigenvalue weighted by Gasteiger charge is 2.41. The topological polar surface area (TPSA) is 52.6 Å². The van der Waals surface area contributed by atoms with Crippen LogP contribution in [0, 0.1) is 5.92 Å². The first-order valence-electron chi connectivity index (χ1n) is 8.41. The summed E-state index contributed by atoms with van der Waals surface area (Å²) in [5.74, 6) is 0.0869. The summed E-state index contributed by atoms with van der Waals surface area (Å²) >= 11 is 6.00. The molecule has 0 aromatic heterocycles. The molecule has 4 nitrogen and oxygen atoms in total. The molecule has 1 aromatic carbocycles. The van der Waals surface area contributed by atoms with Crippen molar-refractivity contribution in [3.8, 4) is 0 Å². The molecule has 4 atom stereocenters. The number of nitrogens with one attached hydrogen (secondary N) is 1. The normalized spacial score (nSPS) is 30.0. The lowest BCUT2D eigenvalue weighted by Gasteiger charge is -2.40. The fraction of sp³-hybridized carbons (Fsp3) is 0.611. The number of carbonyl (C=O) groups excluding carboxylic acids is 1. The highest BCUT2D eigenvalue weighted by Crippen LogP contribution is 2.42. The Bertz CT molecular complexity index is 547. The molecular weight excluding hydrogens is 312 g/mol. The summed E-state index contributed by atoms with van der Waals surface area (Å²) in [6, 6.07) is 8.84. The first-order chi connectivity index (χ1) is 11.0. The van der Waals surface area contributed by atoms with Crippen molar-refractivity contribution in [3.05, 3.63) is 34.9 Å². The van der Waals surface area contributed by atoms with Crippen molar-refractivity contribution < 1.29 is 9.90 Å². The second-order valence-electron chi connectivity index (χ2n) is 7.00. The lowest BCUT2D eigenvalue weighted by molar-refractivity contribution is -0.129. The first-order valence-corrected chi connectivity index (χ1v) is 8.79. The number of hydrogen-bond donors (Lipinski definition) is 2. The van der Waals surface area contributed by atoms with Crippen molar-refractivity contribution in [2.24, 2.45) is 5.92 Å². The van der Waals surface area contributed by atoms with Gasteiger partial charge in [0.2, 0.25) is 5.91 Å². The number of halogens is 1. The van der Waals surface area contributed by atoms with E-state index in [0.29, 0.717) is 23.0 Å². The number of carbonyl (C=O) groups is 1. The summed E-state index contributed by atoms with van der Waals surface area (Å²) in [6.07, 6.45) is 3.67. The number of piperidine rings is 1. The largest absolute Gasteiger partial charge is 0.384 e. The average molecular weight is 337 g/mol. The summed E-state index contributed by atoms with van der Waals surface area (Å²) in [5.41, 5.74) is 1.07. The Morgan fingerprint density at radius 3 is 2.35 bits per heavy atom. The predicted molar refractivity (Wildman–Crippen MR) is 91.3 cm³/mol. The smallest absolute Gasteiger partial charge is 0.249 e. The molecule has 23 heavy (non-hydrogen) atoms. The molecule has 0 saturated carbocycles. The summed E-state index contributed by atoms with van der Waals surface area (Å²) in [4.78, 5) is 14.6. The average Bonchev–Trinajstić information content (AvgIpc) is 2.75. The molecule has 2 saturated heterocycles. The molecule has 0 aliphatic carbocycles. The van der Waals surface area contributed by atoms with Crippen molar-refractivity contribution in [2.75, 3.05) is 7.05 Å². The van der Waals surface area contributed by atoms with Gasteiger partial charge in [-0.05, 0) is 63.3 Å². The zero-order chi connectivity index (χ0) is 16.6. The molecule has 2 heterocycles. The molecule has 4 unspecified atom stereocenters. The van der Waals surface area contributed by atoms with E-state index >= 15 is 0 Å². The Kier molecular flexibility index (Phi) is 4.95. The molecule has 2 fully saturated rings. The molecule has 5 heteroatoms. The third-order valence-electron chi connectivity index (χ3n) is 5.51. The van der Waals surface area contributed by atoms with E-state index in [1.807, 2.05) is 24.3 Å². The second-order valence-corrected chi connectivity index (χ2v) is 7.43. The molecule has 3 rings (SSSR count). The number of aliphatic hydroxyl groups is 1. The van der Waals surface area contributed by atoms with Gasteiger partial charge in [-0.15, -0.1) is 0 Å². The lowest BCUT2D eigenvalue weighted by atomic mass is 9.82. The molecule has 1 amide bonds. The van der Waals surface area contributed by atoms with Crippen LogP contribution in [0.15, 0.2) is 24.3 Å². The number of nitrogens with zero attached hydrogens (tertiary/aromatic N) is 1. The minimum Gasteiger partial charge on any atom is -0.384 e. The van der Waals surface area contributed by atoms with E-state index in [0.717, 1.165) is 18.4 Å². The van der Waals surface area contributed by atoms with E-state index < -0.39 is 6.10 Å². The molecule has 0 radical (unpaired) electrons. The van der Waals surface area contributed by atoms with Gasteiger partial charge in [0.15, 0.2) is 0 Å². The van der Waals surface area contributed by atoms with Gasteiger partial charge in [0, 0.05) is 17.1 Å². The number of benzene rings is 1. The van der Waals surface area contributed by atoms with Gasteiger partial charge in [0.1, 0.15) is 6.10 Å². The molecule has 1 aromatic rings. The minimum absolute atomic E-state index is 0.0637. The maximum atomic E-state index is 12.1. The number of fused-ring (bicyclic) bond motifs is 2. The minimum atomic E-state index is -0.993. The van der Waals surface area contributed by atoms with Crippen LogP contribution in [-0.4, -0.2) is 41.1 Å². The van der Waals surface area contributed by atoms with E-state index in [-0.39, 0.29) is 11.9 Å². The molecule has 0 spiro atoms. The number of rotatable bonds is 4. The Balaban J connectivity index is 1.83. The van der Waals surface area contributed by atoms with Crippen LogP contribution < -0.4 is 5.32 Å². The van der Waals surface area contributed by atoms with Crippen LogP contribution in [0.4, 0.5) is 0 Å². The monoisotopic (exact) mass is 336 g/mol. The van der Waals surface area contributed by atoms with Crippen molar-refractivity contribution in [3.63, 3.8) is 0 Å². The summed E-state index contributed by atoms with van der Waals surface area (Å²) < 4.78 is 0. The number of aliphatic hydroxyl groups excluding tert-OH is 1. The fourth-order valence-corrected chi connectivity index (χ4v) is 4.27. The van der Waals surface area contributed by atoms with Crippen molar-refractivity contribution >= 4 is 17.5 Å². The van der Waals surface area contributed by atoms with Gasteiger partial charge in [-0.1, -0.05) is 23.7 Å². The number of hydrogen-bond acceptors (Lipinski definition) is 3. The zero-order valence-electron chi connectivity index (χ0n) is 13.7. The van der Waals surface area contributed by atoms with Crippen LogP contribution >= 0.6 is 11.6 Å². The standard InChI is InChI=1S/C18H25ClN2O2/c1-11(22)18(23)20-17(12-3-5-14(19)6-4-12)13-9-15-7-8-16(10-13)21(15)2/h3-6,11,13,15-17,22H,7-10H2,1-2H3,(H,20,23). The predicted octanol–water partition coefficient (Wildman–Crippen LogP) is 2.75. The van der Waals surface area contributed by atoms with E-state index in [1.165, 1.54) is 19.8 Å². The molecular formula is C18H25ClN2O2. The summed E-state index contributed by atoms with van der Waals surface area (Å²) in [5, 5.41) is 13.3. The zero-order valence-corrected chi connectivity index (χ0v) is 14.5. The van der Waals surface area contributed by atoms with E-state index in [1.54, 1.807) is 0 Å². The van der Waals surface area contributed by atoms with Gasteiger partial charge in [-0.3, -0.25) is 4.79 Å². The van der Waals surface area contributed by atoms with Gasteiger partial charge in [0.25, 0.3) is 0 Å². The summed E-state index contributed by atoms with van der Waals surface area (Å²) in [6.45, 7) is 1.51. The highest BCUT2D eigenvalue weighted by atomic mass is 35.5. The van der Waals surface area contributed by atoms with Gasteiger partial charge < -0.3 is 15.3 Å².